The van der Waals surface area contributed by atoms with Crippen LogP contribution < -0.4 is 10.6 Å². The summed E-state index contributed by atoms with van der Waals surface area (Å²) in [6.45, 7) is 4.10. The van der Waals surface area contributed by atoms with Gasteiger partial charge in [-0.3, -0.25) is 4.79 Å². The molecule has 1 amide bonds. The number of aryl methyl sites for hydroxylation is 1. The smallest absolute Gasteiger partial charge is 0.267 e. The zero-order valence-electron chi connectivity index (χ0n) is 14.0. The molecule has 132 valence electrons. The van der Waals surface area contributed by atoms with E-state index in [1.54, 1.807) is 24.3 Å². The van der Waals surface area contributed by atoms with Gasteiger partial charge in [0.25, 0.3) is 15.9 Å². The molecule has 1 aromatic carbocycles. The predicted molar refractivity (Wildman–Crippen MR) is 96.1 cm³/mol. The van der Waals surface area contributed by atoms with E-state index in [1.807, 2.05) is 6.92 Å². The molecule has 0 aliphatic carbocycles. The van der Waals surface area contributed by atoms with Crippen molar-refractivity contribution in [2.45, 2.75) is 18.2 Å². The van der Waals surface area contributed by atoms with Gasteiger partial charge in [-0.05, 0) is 38.1 Å². The van der Waals surface area contributed by atoms with Crippen molar-refractivity contribution < 1.29 is 13.2 Å². The minimum atomic E-state index is -3.69. The van der Waals surface area contributed by atoms with E-state index < -0.39 is 10.0 Å². The fourth-order valence-corrected chi connectivity index (χ4v) is 3.82. The third kappa shape index (κ3) is 4.00. The largest absolute Gasteiger partial charge is 0.348 e. The summed E-state index contributed by atoms with van der Waals surface area (Å²) in [6.07, 6.45) is 5.72. The van der Waals surface area contributed by atoms with Gasteiger partial charge < -0.3 is 10.6 Å². The maximum absolute atomic E-state index is 12.6. The van der Waals surface area contributed by atoms with E-state index in [0.29, 0.717) is 12.1 Å². The Labute approximate surface area is 147 Å². The predicted octanol–water partition coefficient (Wildman–Crippen LogP) is 1.68. The Morgan fingerprint density at radius 3 is 2.68 bits per heavy atom. The lowest BCUT2D eigenvalue weighted by Crippen LogP contribution is -2.29. The van der Waals surface area contributed by atoms with Crippen LogP contribution >= 0.6 is 0 Å². The molecule has 1 aliphatic heterocycles. The summed E-state index contributed by atoms with van der Waals surface area (Å²) in [5.41, 5.74) is 2.49. The summed E-state index contributed by atoms with van der Waals surface area (Å²) in [7, 11) is -3.69. The number of benzene rings is 1. The Bertz CT molecular complexity index is 896. The van der Waals surface area contributed by atoms with Crippen LogP contribution in [0, 0.1) is 6.92 Å². The Morgan fingerprint density at radius 2 is 2.00 bits per heavy atom. The SMILES string of the molecule is Cc1ccc(S(=O)(=O)n2ccc(C(=O)NCC3=CCNCC3)c2)cc1. The van der Waals surface area contributed by atoms with Gasteiger partial charge in [0.15, 0.2) is 0 Å². The minimum Gasteiger partial charge on any atom is -0.348 e. The molecule has 2 heterocycles. The monoisotopic (exact) mass is 359 g/mol. The summed E-state index contributed by atoms with van der Waals surface area (Å²) in [6, 6.07) is 8.13. The van der Waals surface area contributed by atoms with E-state index in [2.05, 4.69) is 16.7 Å². The molecule has 0 radical (unpaired) electrons. The number of carbonyl (C=O) groups excluding carboxylic acids is 1. The highest BCUT2D eigenvalue weighted by Gasteiger charge is 2.18. The van der Waals surface area contributed by atoms with Gasteiger partial charge in [0.2, 0.25) is 0 Å². The van der Waals surface area contributed by atoms with E-state index in [0.717, 1.165) is 29.0 Å². The summed E-state index contributed by atoms with van der Waals surface area (Å²) in [4.78, 5) is 12.4. The Balaban J connectivity index is 1.71. The highest BCUT2D eigenvalue weighted by atomic mass is 32.2. The molecule has 0 saturated carbocycles. The first-order valence-electron chi connectivity index (χ1n) is 8.14. The van der Waals surface area contributed by atoms with Crippen LogP contribution in [0.4, 0.5) is 0 Å². The van der Waals surface area contributed by atoms with E-state index in [4.69, 9.17) is 0 Å². The van der Waals surface area contributed by atoms with Crippen molar-refractivity contribution in [1.82, 2.24) is 14.6 Å². The first-order valence-corrected chi connectivity index (χ1v) is 9.58. The third-order valence-corrected chi connectivity index (χ3v) is 5.81. The number of nitrogens with one attached hydrogen (secondary N) is 2. The second-order valence-electron chi connectivity index (χ2n) is 6.05. The maximum atomic E-state index is 12.6. The summed E-state index contributed by atoms with van der Waals surface area (Å²) in [5, 5.41) is 6.05. The topological polar surface area (TPSA) is 80.2 Å². The van der Waals surface area contributed by atoms with Crippen LogP contribution in [0.2, 0.25) is 0 Å². The molecule has 0 fully saturated rings. The summed E-state index contributed by atoms with van der Waals surface area (Å²) in [5.74, 6) is -0.280. The van der Waals surface area contributed by atoms with Crippen LogP contribution in [0.15, 0.2) is 59.3 Å². The minimum absolute atomic E-state index is 0.195. The number of carbonyl (C=O) groups is 1. The first-order chi connectivity index (χ1) is 12.0. The lowest BCUT2D eigenvalue weighted by molar-refractivity contribution is 0.0956. The van der Waals surface area contributed by atoms with Gasteiger partial charge in [-0.15, -0.1) is 0 Å². The van der Waals surface area contributed by atoms with Gasteiger partial charge in [0.05, 0.1) is 10.5 Å². The zero-order valence-corrected chi connectivity index (χ0v) is 14.8. The van der Waals surface area contributed by atoms with Gasteiger partial charge in [-0.25, -0.2) is 12.4 Å². The molecule has 7 heteroatoms. The van der Waals surface area contributed by atoms with Crippen LogP contribution in [0.3, 0.4) is 0 Å². The van der Waals surface area contributed by atoms with Crippen molar-refractivity contribution in [1.29, 1.82) is 0 Å². The molecule has 0 bridgehead atoms. The maximum Gasteiger partial charge on any atom is 0.267 e. The van der Waals surface area contributed by atoms with Crippen LogP contribution in [-0.2, 0) is 10.0 Å². The molecule has 1 aliphatic rings. The van der Waals surface area contributed by atoms with Crippen LogP contribution in [0.25, 0.3) is 0 Å². The fourth-order valence-electron chi connectivity index (χ4n) is 2.62. The molecule has 1 aromatic heterocycles. The summed E-state index contributed by atoms with van der Waals surface area (Å²) < 4.78 is 26.3. The van der Waals surface area contributed by atoms with Crippen molar-refractivity contribution >= 4 is 15.9 Å². The lowest BCUT2D eigenvalue weighted by atomic mass is 10.1. The van der Waals surface area contributed by atoms with Crippen molar-refractivity contribution in [3.63, 3.8) is 0 Å². The van der Waals surface area contributed by atoms with Crippen LogP contribution in [-0.4, -0.2) is 37.9 Å². The average Bonchev–Trinajstić information content (AvgIpc) is 3.12. The van der Waals surface area contributed by atoms with E-state index >= 15 is 0 Å². The standard InChI is InChI=1S/C18H21N3O3S/c1-14-2-4-17(5-3-14)25(23,24)21-11-8-16(13-21)18(22)20-12-15-6-9-19-10-7-15/h2-6,8,11,13,19H,7,9-10,12H2,1H3,(H,20,22). The number of nitrogens with zero attached hydrogens (tertiary/aromatic N) is 1. The quantitative estimate of drug-likeness (QED) is 0.796. The molecule has 0 spiro atoms. The first kappa shape index (κ1) is 17.4. The highest BCUT2D eigenvalue weighted by molar-refractivity contribution is 7.90. The van der Waals surface area contributed by atoms with Gasteiger partial charge in [-0.1, -0.05) is 29.3 Å². The van der Waals surface area contributed by atoms with Crippen molar-refractivity contribution in [2.24, 2.45) is 0 Å². The number of amides is 1. The number of rotatable bonds is 5. The molecular weight excluding hydrogens is 338 g/mol. The highest BCUT2D eigenvalue weighted by Crippen LogP contribution is 2.16. The Hall–Kier alpha value is -2.38. The van der Waals surface area contributed by atoms with Crippen molar-refractivity contribution in [2.75, 3.05) is 19.6 Å². The lowest BCUT2D eigenvalue weighted by Gasteiger charge is -2.14. The normalized spacial score (nSPS) is 14.8. The molecular formula is C18H21N3O3S. The second-order valence-corrected chi connectivity index (χ2v) is 7.89. The van der Waals surface area contributed by atoms with Gasteiger partial charge in [0, 0.05) is 25.5 Å². The van der Waals surface area contributed by atoms with Gasteiger partial charge >= 0.3 is 0 Å². The van der Waals surface area contributed by atoms with Crippen molar-refractivity contribution in [3.05, 3.63) is 65.5 Å². The average molecular weight is 359 g/mol. The van der Waals surface area contributed by atoms with Gasteiger partial charge in [0.1, 0.15) is 0 Å². The molecule has 0 atom stereocenters. The van der Waals surface area contributed by atoms with Crippen LogP contribution in [0.5, 0.6) is 0 Å². The fraction of sp³-hybridized carbons (Fsp3) is 0.278. The third-order valence-electron chi connectivity index (χ3n) is 4.16. The molecule has 0 saturated heterocycles. The molecule has 3 rings (SSSR count). The Morgan fingerprint density at radius 1 is 1.24 bits per heavy atom. The zero-order chi connectivity index (χ0) is 17.9. The van der Waals surface area contributed by atoms with Crippen LogP contribution in [0.1, 0.15) is 22.3 Å². The number of aromatic nitrogens is 1. The van der Waals surface area contributed by atoms with E-state index in [1.165, 1.54) is 24.0 Å². The van der Waals surface area contributed by atoms with E-state index in [9.17, 15) is 13.2 Å². The second kappa shape index (κ2) is 7.25. The molecule has 25 heavy (non-hydrogen) atoms. The summed E-state index contributed by atoms with van der Waals surface area (Å²) >= 11 is 0. The number of hydrogen-bond acceptors (Lipinski definition) is 4. The van der Waals surface area contributed by atoms with Crippen molar-refractivity contribution in [3.8, 4) is 0 Å². The molecule has 0 unspecified atom stereocenters. The Kier molecular flexibility index (Phi) is 5.06. The number of hydrogen-bond donors (Lipinski definition) is 2. The molecule has 6 nitrogen and oxygen atoms in total. The van der Waals surface area contributed by atoms with Gasteiger partial charge in [-0.2, -0.15) is 0 Å². The molecule has 2 aromatic rings. The van der Waals surface area contributed by atoms with E-state index in [-0.39, 0.29) is 10.8 Å². The molecule has 2 N–H and O–H groups in total.